The number of ether oxygens (including phenoxy) is 1. The van der Waals surface area contributed by atoms with E-state index >= 15 is 0 Å². The van der Waals surface area contributed by atoms with Crippen molar-refractivity contribution in [3.05, 3.63) is 60.2 Å². The predicted molar refractivity (Wildman–Crippen MR) is 124 cm³/mol. The topological polar surface area (TPSA) is 61.9 Å². The molecule has 1 unspecified atom stereocenters. The Hall–Kier alpha value is -2.86. The fourth-order valence-corrected chi connectivity index (χ4v) is 3.92. The SMILES string of the molecule is CCCC(C(=O)N(CC)CC(=O)Nc1ccc(N2CCOCC2)cc1)c1ccccc1. The van der Waals surface area contributed by atoms with Gasteiger partial charge in [0.25, 0.3) is 0 Å². The van der Waals surface area contributed by atoms with Crippen LogP contribution in [0.15, 0.2) is 54.6 Å². The van der Waals surface area contributed by atoms with Gasteiger partial charge in [-0.3, -0.25) is 9.59 Å². The Kier molecular flexibility index (Phi) is 8.47. The monoisotopic (exact) mass is 423 g/mol. The van der Waals surface area contributed by atoms with Gasteiger partial charge in [-0.15, -0.1) is 0 Å². The summed E-state index contributed by atoms with van der Waals surface area (Å²) >= 11 is 0. The van der Waals surface area contributed by atoms with E-state index in [1.165, 1.54) is 0 Å². The number of morpholine rings is 1. The van der Waals surface area contributed by atoms with E-state index in [4.69, 9.17) is 4.74 Å². The van der Waals surface area contributed by atoms with E-state index in [0.717, 1.165) is 56.1 Å². The maximum absolute atomic E-state index is 13.2. The Labute approximate surface area is 185 Å². The van der Waals surface area contributed by atoms with E-state index in [9.17, 15) is 9.59 Å². The second kappa shape index (κ2) is 11.5. The highest BCUT2D eigenvalue weighted by atomic mass is 16.5. The highest BCUT2D eigenvalue weighted by Gasteiger charge is 2.25. The number of rotatable bonds is 9. The van der Waals surface area contributed by atoms with Gasteiger partial charge in [-0.05, 0) is 43.2 Å². The summed E-state index contributed by atoms with van der Waals surface area (Å²) in [7, 11) is 0. The molecule has 2 aromatic rings. The number of hydrogen-bond donors (Lipinski definition) is 1. The Morgan fingerprint density at radius 2 is 1.71 bits per heavy atom. The van der Waals surface area contributed by atoms with Crippen molar-refractivity contribution in [2.24, 2.45) is 0 Å². The van der Waals surface area contributed by atoms with Crippen LogP contribution < -0.4 is 10.2 Å². The molecule has 0 bridgehead atoms. The first-order valence-corrected chi connectivity index (χ1v) is 11.2. The van der Waals surface area contributed by atoms with Crippen LogP contribution in [0.2, 0.25) is 0 Å². The molecule has 1 fully saturated rings. The fourth-order valence-electron chi connectivity index (χ4n) is 3.92. The molecule has 2 amide bonds. The second-order valence-corrected chi connectivity index (χ2v) is 7.80. The molecule has 31 heavy (non-hydrogen) atoms. The number of anilines is 2. The summed E-state index contributed by atoms with van der Waals surface area (Å²) in [5.74, 6) is -0.391. The van der Waals surface area contributed by atoms with Crippen molar-refractivity contribution < 1.29 is 14.3 Å². The number of nitrogens with zero attached hydrogens (tertiary/aromatic N) is 2. The number of hydrogen-bond acceptors (Lipinski definition) is 4. The lowest BCUT2D eigenvalue weighted by molar-refractivity contribution is -0.136. The third-order valence-corrected chi connectivity index (χ3v) is 5.63. The molecule has 6 heteroatoms. The lowest BCUT2D eigenvalue weighted by Gasteiger charge is -2.29. The van der Waals surface area contributed by atoms with E-state index < -0.39 is 0 Å². The van der Waals surface area contributed by atoms with Gasteiger partial charge >= 0.3 is 0 Å². The van der Waals surface area contributed by atoms with Crippen LogP contribution in [0.1, 0.15) is 38.2 Å². The first-order chi connectivity index (χ1) is 15.1. The van der Waals surface area contributed by atoms with E-state index in [1.807, 2.05) is 61.5 Å². The number of nitrogens with one attached hydrogen (secondary N) is 1. The van der Waals surface area contributed by atoms with E-state index in [2.05, 4.69) is 17.1 Å². The molecule has 0 aliphatic carbocycles. The minimum atomic E-state index is -0.216. The molecule has 6 nitrogen and oxygen atoms in total. The molecular weight excluding hydrogens is 390 g/mol. The molecule has 1 saturated heterocycles. The number of benzene rings is 2. The molecule has 1 aliphatic heterocycles. The smallest absolute Gasteiger partial charge is 0.243 e. The molecule has 3 rings (SSSR count). The summed E-state index contributed by atoms with van der Waals surface area (Å²) < 4.78 is 5.39. The average Bonchev–Trinajstić information content (AvgIpc) is 2.82. The zero-order valence-corrected chi connectivity index (χ0v) is 18.5. The minimum Gasteiger partial charge on any atom is -0.378 e. The lowest BCUT2D eigenvalue weighted by atomic mass is 9.93. The third kappa shape index (κ3) is 6.31. The predicted octanol–water partition coefficient (Wildman–Crippen LogP) is 3.89. The molecule has 1 heterocycles. The second-order valence-electron chi connectivity index (χ2n) is 7.80. The van der Waals surface area contributed by atoms with Gasteiger partial charge in [0, 0.05) is 31.0 Å². The summed E-state index contributed by atoms with van der Waals surface area (Å²) in [5.41, 5.74) is 2.86. The number of carbonyl (C=O) groups excluding carboxylic acids is 2. The quantitative estimate of drug-likeness (QED) is 0.665. The number of carbonyl (C=O) groups is 2. The maximum Gasteiger partial charge on any atom is 0.243 e. The number of amides is 2. The van der Waals surface area contributed by atoms with Crippen LogP contribution in [0.5, 0.6) is 0 Å². The Balaban J connectivity index is 1.60. The van der Waals surface area contributed by atoms with Crippen molar-refractivity contribution in [1.82, 2.24) is 4.90 Å². The Morgan fingerprint density at radius 3 is 2.32 bits per heavy atom. The highest BCUT2D eigenvalue weighted by Crippen LogP contribution is 2.24. The van der Waals surface area contributed by atoms with Gasteiger partial charge in [0.1, 0.15) is 0 Å². The normalized spacial score (nSPS) is 14.7. The van der Waals surface area contributed by atoms with E-state index in [1.54, 1.807) is 4.90 Å². The van der Waals surface area contributed by atoms with Crippen LogP contribution in [0.4, 0.5) is 11.4 Å². The molecular formula is C25H33N3O3. The van der Waals surface area contributed by atoms with Crippen molar-refractivity contribution in [2.45, 2.75) is 32.6 Å². The Bertz CT molecular complexity index is 833. The molecule has 0 aromatic heterocycles. The summed E-state index contributed by atoms with van der Waals surface area (Å²) in [5, 5.41) is 2.93. The standard InChI is InChI=1S/C25H33N3O3/c1-3-8-23(20-9-6-5-7-10-20)25(30)27(4-2)19-24(29)26-21-11-13-22(14-12-21)28-15-17-31-18-16-28/h5-7,9-14,23H,3-4,8,15-19H2,1-2H3,(H,26,29). The maximum atomic E-state index is 13.2. The van der Waals surface area contributed by atoms with Gasteiger partial charge in [0.05, 0.1) is 25.7 Å². The van der Waals surface area contributed by atoms with Crippen molar-refractivity contribution in [3.8, 4) is 0 Å². The number of likely N-dealkylation sites (N-methyl/N-ethyl adjacent to an activating group) is 1. The first kappa shape index (κ1) is 22.8. The Morgan fingerprint density at radius 1 is 1.03 bits per heavy atom. The van der Waals surface area contributed by atoms with Crippen molar-refractivity contribution in [2.75, 3.05) is 49.6 Å². The molecule has 2 aromatic carbocycles. The van der Waals surface area contributed by atoms with Crippen LogP contribution in [0.25, 0.3) is 0 Å². The van der Waals surface area contributed by atoms with Gasteiger partial charge in [0.15, 0.2) is 0 Å². The first-order valence-electron chi connectivity index (χ1n) is 11.2. The summed E-state index contributed by atoms with van der Waals surface area (Å²) in [6, 6.07) is 17.7. The fraction of sp³-hybridized carbons (Fsp3) is 0.440. The van der Waals surface area contributed by atoms with Gasteiger partial charge < -0.3 is 19.9 Å². The van der Waals surface area contributed by atoms with Gasteiger partial charge in [-0.2, -0.15) is 0 Å². The molecule has 0 saturated carbocycles. The summed E-state index contributed by atoms with van der Waals surface area (Å²) in [6.07, 6.45) is 1.68. The molecule has 0 radical (unpaired) electrons. The van der Waals surface area contributed by atoms with Crippen LogP contribution in [-0.2, 0) is 14.3 Å². The third-order valence-electron chi connectivity index (χ3n) is 5.63. The molecule has 1 aliphatic rings. The zero-order chi connectivity index (χ0) is 22.1. The van der Waals surface area contributed by atoms with Gasteiger partial charge in [-0.25, -0.2) is 0 Å². The molecule has 166 valence electrons. The van der Waals surface area contributed by atoms with Crippen LogP contribution in [0, 0.1) is 0 Å². The van der Waals surface area contributed by atoms with Crippen molar-refractivity contribution in [1.29, 1.82) is 0 Å². The van der Waals surface area contributed by atoms with Crippen LogP contribution in [-0.4, -0.2) is 56.1 Å². The molecule has 1 N–H and O–H groups in total. The minimum absolute atomic E-state index is 0.00775. The van der Waals surface area contributed by atoms with E-state index in [0.29, 0.717) is 6.54 Å². The zero-order valence-electron chi connectivity index (χ0n) is 18.5. The van der Waals surface area contributed by atoms with E-state index in [-0.39, 0.29) is 24.3 Å². The van der Waals surface area contributed by atoms with Gasteiger partial charge in [0.2, 0.25) is 11.8 Å². The van der Waals surface area contributed by atoms with Gasteiger partial charge in [-0.1, -0.05) is 43.7 Å². The summed E-state index contributed by atoms with van der Waals surface area (Å²) in [4.78, 5) is 29.8. The van der Waals surface area contributed by atoms with Crippen molar-refractivity contribution >= 4 is 23.2 Å². The van der Waals surface area contributed by atoms with Crippen molar-refractivity contribution in [3.63, 3.8) is 0 Å². The summed E-state index contributed by atoms with van der Waals surface area (Å²) in [6.45, 7) is 7.76. The largest absolute Gasteiger partial charge is 0.378 e. The highest BCUT2D eigenvalue weighted by molar-refractivity contribution is 5.95. The van der Waals surface area contributed by atoms with Crippen LogP contribution >= 0.6 is 0 Å². The average molecular weight is 424 g/mol. The van der Waals surface area contributed by atoms with Crippen LogP contribution in [0.3, 0.4) is 0 Å². The lowest BCUT2D eigenvalue weighted by Crippen LogP contribution is -2.40. The molecule has 1 atom stereocenters. The molecule has 0 spiro atoms.